The summed E-state index contributed by atoms with van der Waals surface area (Å²) in [5.41, 5.74) is 0.629. The van der Waals surface area contributed by atoms with E-state index in [1.807, 2.05) is 52.0 Å². The molecule has 0 unspecified atom stereocenters. The summed E-state index contributed by atoms with van der Waals surface area (Å²) in [6, 6.07) is 0. The fourth-order valence-corrected chi connectivity index (χ4v) is 2.68. The van der Waals surface area contributed by atoms with Crippen molar-refractivity contribution in [2.45, 2.75) is 46.1 Å². The second kappa shape index (κ2) is 7.15. The largest absolute Gasteiger partial charge is 0.444 e. The number of carbonyl (C=O) groups excluding carboxylic acids is 1. The molecule has 6 heteroatoms. The molecule has 0 atom stereocenters. The van der Waals surface area contributed by atoms with Crippen LogP contribution in [0.3, 0.4) is 0 Å². The lowest BCUT2D eigenvalue weighted by Gasteiger charge is -2.34. The first-order valence-electron chi connectivity index (χ1n) is 8.22. The molecule has 2 rings (SSSR count). The average molecular weight is 320 g/mol. The molecule has 1 aliphatic rings. The van der Waals surface area contributed by atoms with Gasteiger partial charge in [-0.3, -0.25) is 0 Å². The highest BCUT2D eigenvalue weighted by molar-refractivity contribution is 5.68. The molecule has 2 heterocycles. The molecule has 0 saturated carbocycles. The third-order valence-electron chi connectivity index (χ3n) is 3.91. The molecule has 1 saturated heterocycles. The van der Waals surface area contributed by atoms with Crippen molar-refractivity contribution in [3.63, 3.8) is 0 Å². The molecular formula is C17H28N4O2. The van der Waals surface area contributed by atoms with Gasteiger partial charge in [-0.25, -0.2) is 14.8 Å². The van der Waals surface area contributed by atoms with Gasteiger partial charge in [0.15, 0.2) is 0 Å². The zero-order valence-corrected chi connectivity index (χ0v) is 14.9. The van der Waals surface area contributed by atoms with Gasteiger partial charge in [0.1, 0.15) is 5.60 Å². The molecule has 1 aromatic rings. The van der Waals surface area contributed by atoms with Crippen LogP contribution in [0.2, 0.25) is 0 Å². The van der Waals surface area contributed by atoms with E-state index in [1.165, 1.54) is 0 Å². The third-order valence-corrected chi connectivity index (χ3v) is 3.91. The lowest BCUT2D eigenvalue weighted by atomic mass is 9.96. The summed E-state index contributed by atoms with van der Waals surface area (Å²) >= 11 is 0. The van der Waals surface area contributed by atoms with Gasteiger partial charge in [-0.2, -0.15) is 0 Å². The Morgan fingerprint density at radius 1 is 1.30 bits per heavy atom. The molecular weight excluding hydrogens is 292 g/mol. The van der Waals surface area contributed by atoms with Crippen LogP contribution in [0.4, 0.5) is 10.7 Å². The van der Waals surface area contributed by atoms with Gasteiger partial charge in [-0.1, -0.05) is 0 Å². The van der Waals surface area contributed by atoms with E-state index in [0.29, 0.717) is 5.92 Å². The van der Waals surface area contributed by atoms with Gasteiger partial charge in [0.2, 0.25) is 5.95 Å². The Labute approximate surface area is 138 Å². The van der Waals surface area contributed by atoms with Gasteiger partial charge in [0, 0.05) is 39.1 Å². The molecule has 1 aromatic heterocycles. The highest BCUT2D eigenvalue weighted by Gasteiger charge is 2.27. The first-order chi connectivity index (χ1) is 10.7. The molecule has 1 fully saturated rings. The number of hydrogen-bond acceptors (Lipinski definition) is 5. The van der Waals surface area contributed by atoms with Crippen LogP contribution in [-0.4, -0.2) is 53.2 Å². The van der Waals surface area contributed by atoms with Crippen molar-refractivity contribution in [2.24, 2.45) is 5.92 Å². The van der Waals surface area contributed by atoms with Crippen molar-refractivity contribution >= 4 is 12.0 Å². The molecule has 1 amide bonds. The van der Waals surface area contributed by atoms with Crippen molar-refractivity contribution < 1.29 is 9.53 Å². The summed E-state index contributed by atoms with van der Waals surface area (Å²) in [5, 5.41) is 0. The summed E-state index contributed by atoms with van der Waals surface area (Å²) in [5.74, 6) is 1.30. The van der Waals surface area contributed by atoms with Crippen molar-refractivity contribution in [1.29, 1.82) is 0 Å². The molecule has 0 aliphatic carbocycles. The number of aromatic nitrogens is 2. The Balaban J connectivity index is 1.80. The molecule has 0 radical (unpaired) electrons. The minimum absolute atomic E-state index is 0.203. The normalized spacial score (nSPS) is 16.3. The second-order valence-corrected chi connectivity index (χ2v) is 7.35. The number of carbonyl (C=O) groups is 1. The van der Waals surface area contributed by atoms with Crippen LogP contribution in [-0.2, 0) is 4.74 Å². The summed E-state index contributed by atoms with van der Waals surface area (Å²) in [6.07, 6.45) is 5.44. The second-order valence-electron chi connectivity index (χ2n) is 7.35. The quantitative estimate of drug-likeness (QED) is 0.857. The smallest absolute Gasteiger partial charge is 0.410 e. The van der Waals surface area contributed by atoms with Crippen LogP contribution >= 0.6 is 0 Å². The highest BCUT2D eigenvalue weighted by atomic mass is 16.6. The Bertz CT molecular complexity index is 516. The fourth-order valence-electron chi connectivity index (χ4n) is 2.68. The van der Waals surface area contributed by atoms with Crippen LogP contribution < -0.4 is 4.90 Å². The zero-order chi connectivity index (χ0) is 17.0. The van der Waals surface area contributed by atoms with Gasteiger partial charge < -0.3 is 14.5 Å². The molecule has 1 aliphatic heterocycles. The van der Waals surface area contributed by atoms with E-state index in [4.69, 9.17) is 4.74 Å². The predicted octanol–water partition coefficient (Wildman–Crippen LogP) is 2.87. The number of amides is 1. The number of nitrogens with zero attached hydrogens (tertiary/aromatic N) is 4. The number of piperidine rings is 1. The van der Waals surface area contributed by atoms with Crippen molar-refractivity contribution in [2.75, 3.05) is 31.6 Å². The number of anilines is 1. The Kier molecular flexibility index (Phi) is 5.44. The molecule has 0 bridgehead atoms. The van der Waals surface area contributed by atoms with Crippen molar-refractivity contribution in [1.82, 2.24) is 14.9 Å². The van der Waals surface area contributed by atoms with E-state index in [-0.39, 0.29) is 6.09 Å². The van der Waals surface area contributed by atoms with E-state index in [2.05, 4.69) is 14.9 Å². The van der Waals surface area contributed by atoms with E-state index in [1.54, 1.807) is 0 Å². The molecule has 23 heavy (non-hydrogen) atoms. The van der Waals surface area contributed by atoms with Crippen LogP contribution in [0.1, 0.15) is 39.2 Å². The van der Waals surface area contributed by atoms with Crippen molar-refractivity contribution in [3.05, 3.63) is 18.0 Å². The third kappa shape index (κ3) is 5.37. The molecule has 0 spiro atoms. The fraction of sp³-hybridized carbons (Fsp3) is 0.706. The lowest BCUT2D eigenvalue weighted by Crippen LogP contribution is -2.43. The topological polar surface area (TPSA) is 58.6 Å². The molecule has 6 nitrogen and oxygen atoms in total. The maximum atomic E-state index is 12.1. The van der Waals surface area contributed by atoms with E-state index in [0.717, 1.165) is 44.0 Å². The number of hydrogen-bond donors (Lipinski definition) is 0. The lowest BCUT2D eigenvalue weighted by molar-refractivity contribution is 0.0186. The van der Waals surface area contributed by atoms with Gasteiger partial charge in [0.25, 0.3) is 0 Å². The van der Waals surface area contributed by atoms with Gasteiger partial charge in [-0.15, -0.1) is 0 Å². The van der Waals surface area contributed by atoms with Gasteiger partial charge >= 0.3 is 6.09 Å². The number of likely N-dealkylation sites (tertiary alicyclic amines) is 1. The standard InChI is InChI=1S/C17H28N4O2/c1-13-10-18-15(19-11-13)20(5)12-14-6-8-21(9-7-14)16(22)23-17(2,3)4/h10-11,14H,6-9,12H2,1-5H3. The molecule has 128 valence electrons. The Morgan fingerprint density at radius 2 is 1.87 bits per heavy atom. The monoisotopic (exact) mass is 320 g/mol. The van der Waals surface area contributed by atoms with E-state index >= 15 is 0 Å². The maximum absolute atomic E-state index is 12.1. The first kappa shape index (κ1) is 17.5. The number of ether oxygens (including phenoxy) is 1. The van der Waals surface area contributed by atoms with Gasteiger partial charge in [0.05, 0.1) is 0 Å². The number of aryl methyl sites for hydroxylation is 1. The minimum Gasteiger partial charge on any atom is -0.444 e. The molecule has 0 aromatic carbocycles. The van der Waals surface area contributed by atoms with E-state index < -0.39 is 5.60 Å². The van der Waals surface area contributed by atoms with Crippen LogP contribution in [0.5, 0.6) is 0 Å². The summed E-state index contributed by atoms with van der Waals surface area (Å²) in [6.45, 7) is 10.1. The average Bonchev–Trinajstić information content (AvgIpc) is 2.46. The molecule has 0 N–H and O–H groups in total. The van der Waals surface area contributed by atoms with Crippen LogP contribution in [0.25, 0.3) is 0 Å². The predicted molar refractivity (Wildman–Crippen MR) is 90.6 cm³/mol. The highest BCUT2D eigenvalue weighted by Crippen LogP contribution is 2.21. The van der Waals surface area contributed by atoms with Crippen LogP contribution in [0.15, 0.2) is 12.4 Å². The summed E-state index contributed by atoms with van der Waals surface area (Å²) in [7, 11) is 2.02. The van der Waals surface area contributed by atoms with E-state index in [9.17, 15) is 4.79 Å². The SMILES string of the molecule is Cc1cnc(N(C)CC2CCN(C(=O)OC(C)(C)C)CC2)nc1. The summed E-state index contributed by atoms with van der Waals surface area (Å²) < 4.78 is 5.43. The van der Waals surface area contributed by atoms with Crippen molar-refractivity contribution in [3.8, 4) is 0 Å². The zero-order valence-electron chi connectivity index (χ0n) is 14.9. The van der Waals surface area contributed by atoms with Gasteiger partial charge in [-0.05, 0) is 52.0 Å². The first-order valence-corrected chi connectivity index (χ1v) is 8.22. The summed E-state index contributed by atoms with van der Waals surface area (Å²) in [4.78, 5) is 24.7. The maximum Gasteiger partial charge on any atom is 0.410 e. The minimum atomic E-state index is -0.434. The van der Waals surface area contributed by atoms with Crippen LogP contribution in [0, 0.1) is 12.8 Å². The Morgan fingerprint density at radius 3 is 2.39 bits per heavy atom. The number of rotatable bonds is 3. The Hall–Kier alpha value is -1.85.